The molecule has 5 heteroatoms. The maximum Gasteiger partial charge on any atom is 0.320 e. The lowest BCUT2D eigenvalue weighted by atomic mass is 10.1. The summed E-state index contributed by atoms with van der Waals surface area (Å²) in [6, 6.07) is 4.81. The normalized spacial score (nSPS) is 12.6. The molecule has 0 unspecified atom stereocenters. The molecule has 1 aromatic heterocycles. The van der Waals surface area contributed by atoms with Crippen molar-refractivity contribution in [3.05, 3.63) is 30.0 Å². The van der Waals surface area contributed by atoms with E-state index in [4.69, 9.17) is 15.6 Å². The fourth-order valence-electron chi connectivity index (χ4n) is 1.91. The SMILES string of the molecule is CCOc1ccc2c(C[C@H](N)C(=O)O)c[nH]c2c1. The van der Waals surface area contributed by atoms with Crippen molar-refractivity contribution < 1.29 is 14.6 Å². The van der Waals surface area contributed by atoms with Crippen molar-refractivity contribution in [2.24, 2.45) is 5.73 Å². The number of rotatable bonds is 5. The number of carboxylic acids is 1. The Morgan fingerprint density at radius 2 is 2.33 bits per heavy atom. The van der Waals surface area contributed by atoms with E-state index in [2.05, 4.69) is 4.98 Å². The summed E-state index contributed by atoms with van der Waals surface area (Å²) < 4.78 is 5.40. The second-order valence-corrected chi connectivity index (χ2v) is 4.10. The van der Waals surface area contributed by atoms with Gasteiger partial charge in [-0.1, -0.05) is 0 Å². The van der Waals surface area contributed by atoms with Gasteiger partial charge in [-0.3, -0.25) is 4.79 Å². The molecule has 1 heterocycles. The van der Waals surface area contributed by atoms with Crippen molar-refractivity contribution in [3.8, 4) is 5.75 Å². The summed E-state index contributed by atoms with van der Waals surface area (Å²) in [4.78, 5) is 13.8. The third-order valence-corrected chi connectivity index (χ3v) is 2.81. The van der Waals surface area contributed by atoms with Crippen molar-refractivity contribution >= 4 is 16.9 Å². The summed E-state index contributed by atoms with van der Waals surface area (Å²) in [6.45, 7) is 2.54. The minimum atomic E-state index is -0.990. The number of hydrogen-bond donors (Lipinski definition) is 3. The first-order valence-electron chi connectivity index (χ1n) is 5.83. The minimum Gasteiger partial charge on any atom is -0.494 e. The van der Waals surface area contributed by atoms with E-state index in [-0.39, 0.29) is 0 Å². The summed E-state index contributed by atoms with van der Waals surface area (Å²) in [5, 5.41) is 9.79. The van der Waals surface area contributed by atoms with Gasteiger partial charge in [0.25, 0.3) is 0 Å². The summed E-state index contributed by atoms with van der Waals surface area (Å²) in [5.41, 5.74) is 7.37. The van der Waals surface area contributed by atoms with E-state index in [0.29, 0.717) is 13.0 Å². The van der Waals surface area contributed by atoms with Crippen LogP contribution in [0.2, 0.25) is 0 Å². The van der Waals surface area contributed by atoms with E-state index >= 15 is 0 Å². The van der Waals surface area contributed by atoms with Crippen LogP contribution in [-0.2, 0) is 11.2 Å². The molecule has 0 amide bonds. The molecule has 0 aliphatic rings. The molecular formula is C13H16N2O3. The number of nitrogens with one attached hydrogen (secondary N) is 1. The standard InChI is InChI=1S/C13H16N2O3/c1-2-18-9-3-4-10-8(5-11(14)13(16)17)7-15-12(10)6-9/h3-4,6-7,11,15H,2,5,14H2,1H3,(H,16,17)/t11-/m0/s1. The van der Waals surface area contributed by atoms with Gasteiger partial charge in [0.05, 0.1) is 6.61 Å². The van der Waals surface area contributed by atoms with Crippen LogP contribution >= 0.6 is 0 Å². The number of aliphatic carboxylic acids is 1. The number of carboxylic acid groups (broad SMARTS) is 1. The van der Waals surface area contributed by atoms with Crippen LogP contribution in [0.5, 0.6) is 5.75 Å². The van der Waals surface area contributed by atoms with E-state index in [9.17, 15) is 4.79 Å². The maximum absolute atomic E-state index is 10.7. The molecule has 0 saturated carbocycles. The average molecular weight is 248 g/mol. The lowest BCUT2D eigenvalue weighted by Crippen LogP contribution is -2.32. The number of carbonyl (C=O) groups is 1. The third kappa shape index (κ3) is 2.46. The quantitative estimate of drug-likeness (QED) is 0.748. The van der Waals surface area contributed by atoms with E-state index in [1.165, 1.54) is 0 Å². The van der Waals surface area contributed by atoms with Crippen LogP contribution in [0, 0.1) is 0 Å². The highest BCUT2D eigenvalue weighted by atomic mass is 16.5. The second-order valence-electron chi connectivity index (χ2n) is 4.10. The fourth-order valence-corrected chi connectivity index (χ4v) is 1.91. The molecule has 0 aliphatic carbocycles. The number of fused-ring (bicyclic) bond motifs is 1. The van der Waals surface area contributed by atoms with Gasteiger partial charge < -0.3 is 20.6 Å². The van der Waals surface area contributed by atoms with Crippen LogP contribution in [0.15, 0.2) is 24.4 Å². The number of aromatic amines is 1. The Morgan fingerprint density at radius 3 is 3.00 bits per heavy atom. The molecule has 2 aromatic rings. The van der Waals surface area contributed by atoms with Gasteiger partial charge in [0.2, 0.25) is 0 Å². The topological polar surface area (TPSA) is 88.3 Å². The summed E-state index contributed by atoms with van der Waals surface area (Å²) >= 11 is 0. The van der Waals surface area contributed by atoms with Crippen LogP contribution in [0.25, 0.3) is 10.9 Å². The number of H-pyrrole nitrogens is 1. The molecule has 0 radical (unpaired) electrons. The predicted molar refractivity (Wildman–Crippen MR) is 68.8 cm³/mol. The van der Waals surface area contributed by atoms with Gasteiger partial charge in [-0.2, -0.15) is 0 Å². The number of ether oxygens (including phenoxy) is 1. The number of aromatic nitrogens is 1. The summed E-state index contributed by atoms with van der Waals surface area (Å²) in [7, 11) is 0. The zero-order valence-corrected chi connectivity index (χ0v) is 10.1. The van der Waals surface area contributed by atoms with Gasteiger partial charge >= 0.3 is 5.97 Å². The largest absolute Gasteiger partial charge is 0.494 e. The zero-order chi connectivity index (χ0) is 13.1. The Balaban J connectivity index is 2.28. The molecule has 0 bridgehead atoms. The first kappa shape index (κ1) is 12.4. The first-order valence-corrected chi connectivity index (χ1v) is 5.83. The number of benzene rings is 1. The molecule has 1 aromatic carbocycles. The molecule has 5 nitrogen and oxygen atoms in total. The van der Waals surface area contributed by atoms with Crippen molar-refractivity contribution in [1.29, 1.82) is 0 Å². The first-order chi connectivity index (χ1) is 8.61. The van der Waals surface area contributed by atoms with Gasteiger partial charge in [0.15, 0.2) is 0 Å². The van der Waals surface area contributed by atoms with Gasteiger partial charge in [-0.05, 0) is 24.6 Å². The maximum atomic E-state index is 10.7. The smallest absolute Gasteiger partial charge is 0.320 e. The number of nitrogens with two attached hydrogens (primary N) is 1. The highest BCUT2D eigenvalue weighted by molar-refractivity contribution is 5.85. The Morgan fingerprint density at radius 1 is 1.56 bits per heavy atom. The van der Waals surface area contributed by atoms with Crippen LogP contribution in [0.4, 0.5) is 0 Å². The van der Waals surface area contributed by atoms with Gasteiger partial charge in [0, 0.05) is 29.6 Å². The zero-order valence-electron chi connectivity index (χ0n) is 10.1. The fraction of sp³-hybridized carbons (Fsp3) is 0.308. The minimum absolute atomic E-state index is 0.309. The monoisotopic (exact) mass is 248 g/mol. The molecule has 96 valence electrons. The Bertz CT molecular complexity index is 562. The predicted octanol–water partition coefficient (Wildman–Crippen LogP) is 1.52. The third-order valence-electron chi connectivity index (χ3n) is 2.81. The van der Waals surface area contributed by atoms with Crippen molar-refractivity contribution in [2.75, 3.05) is 6.61 Å². The van der Waals surface area contributed by atoms with Crippen LogP contribution < -0.4 is 10.5 Å². The molecule has 18 heavy (non-hydrogen) atoms. The molecule has 2 rings (SSSR count). The number of hydrogen-bond acceptors (Lipinski definition) is 3. The molecule has 0 fully saturated rings. The van der Waals surface area contributed by atoms with Crippen LogP contribution in [0.3, 0.4) is 0 Å². The molecule has 0 spiro atoms. The molecular weight excluding hydrogens is 232 g/mol. The molecule has 0 aliphatic heterocycles. The lowest BCUT2D eigenvalue weighted by molar-refractivity contribution is -0.138. The van der Waals surface area contributed by atoms with Crippen LogP contribution in [-0.4, -0.2) is 28.7 Å². The highest BCUT2D eigenvalue weighted by Crippen LogP contribution is 2.24. The Labute approximate surface area is 105 Å². The van der Waals surface area contributed by atoms with E-state index < -0.39 is 12.0 Å². The summed E-state index contributed by atoms with van der Waals surface area (Å²) in [5.74, 6) is -0.198. The van der Waals surface area contributed by atoms with E-state index in [1.807, 2.05) is 25.1 Å². The average Bonchev–Trinajstić information content (AvgIpc) is 2.72. The van der Waals surface area contributed by atoms with Crippen LogP contribution in [0.1, 0.15) is 12.5 Å². The Hall–Kier alpha value is -2.01. The van der Waals surface area contributed by atoms with Crippen molar-refractivity contribution in [2.45, 2.75) is 19.4 Å². The molecule has 1 atom stereocenters. The van der Waals surface area contributed by atoms with E-state index in [1.54, 1.807) is 6.20 Å². The van der Waals surface area contributed by atoms with Gasteiger partial charge in [0.1, 0.15) is 11.8 Å². The lowest BCUT2D eigenvalue weighted by Gasteiger charge is -2.05. The molecule has 4 N–H and O–H groups in total. The highest BCUT2D eigenvalue weighted by Gasteiger charge is 2.14. The van der Waals surface area contributed by atoms with E-state index in [0.717, 1.165) is 22.2 Å². The van der Waals surface area contributed by atoms with Gasteiger partial charge in [-0.15, -0.1) is 0 Å². The van der Waals surface area contributed by atoms with Crippen molar-refractivity contribution in [1.82, 2.24) is 4.98 Å². The second kappa shape index (κ2) is 5.10. The summed E-state index contributed by atoms with van der Waals surface area (Å²) in [6.07, 6.45) is 2.10. The Kier molecular flexibility index (Phi) is 3.53. The van der Waals surface area contributed by atoms with Crippen molar-refractivity contribution in [3.63, 3.8) is 0 Å². The van der Waals surface area contributed by atoms with Gasteiger partial charge in [-0.25, -0.2) is 0 Å². The molecule has 0 saturated heterocycles.